The maximum Gasteiger partial charge on any atom is 0.317 e. The third-order valence-electron chi connectivity index (χ3n) is 2.97. The summed E-state index contributed by atoms with van der Waals surface area (Å²) < 4.78 is 0. The summed E-state index contributed by atoms with van der Waals surface area (Å²) in [4.78, 5) is 15.3. The van der Waals surface area contributed by atoms with Crippen molar-refractivity contribution in [1.29, 1.82) is 0 Å². The van der Waals surface area contributed by atoms with E-state index in [1.54, 1.807) is 14.0 Å². The van der Waals surface area contributed by atoms with Crippen LogP contribution in [0, 0.1) is 0 Å². The number of nitrogens with zero attached hydrogens (tertiary/aromatic N) is 2. The third kappa shape index (κ3) is 7.18. The highest BCUT2D eigenvalue weighted by molar-refractivity contribution is 5.73. The first kappa shape index (κ1) is 16.2. The molecule has 0 aromatic heterocycles. The second-order valence-electron chi connectivity index (χ2n) is 4.70. The molecular formula is C12H27N3O2. The quantitative estimate of drug-likeness (QED) is 0.695. The van der Waals surface area contributed by atoms with Crippen molar-refractivity contribution in [3.63, 3.8) is 0 Å². The highest BCUT2D eigenvalue weighted by Crippen LogP contribution is 1.98. The van der Waals surface area contributed by atoms with Gasteiger partial charge in [0.2, 0.25) is 0 Å². The lowest BCUT2D eigenvalue weighted by molar-refractivity contribution is 0.143. The lowest BCUT2D eigenvalue weighted by Crippen LogP contribution is -2.44. The van der Waals surface area contributed by atoms with Crippen LogP contribution in [0.25, 0.3) is 0 Å². The average Bonchev–Trinajstić information content (AvgIpc) is 2.26. The van der Waals surface area contributed by atoms with Gasteiger partial charge in [-0.25, -0.2) is 4.79 Å². The van der Waals surface area contributed by atoms with Crippen molar-refractivity contribution in [2.75, 3.05) is 33.7 Å². The van der Waals surface area contributed by atoms with E-state index in [4.69, 9.17) is 5.11 Å². The number of rotatable bonds is 7. The minimum Gasteiger partial charge on any atom is -0.392 e. The molecule has 17 heavy (non-hydrogen) atoms. The second kappa shape index (κ2) is 8.31. The van der Waals surface area contributed by atoms with E-state index >= 15 is 0 Å². The number of urea groups is 1. The van der Waals surface area contributed by atoms with E-state index in [1.807, 2.05) is 0 Å². The van der Waals surface area contributed by atoms with Crippen molar-refractivity contribution in [3.05, 3.63) is 0 Å². The summed E-state index contributed by atoms with van der Waals surface area (Å²) in [5.74, 6) is 0. The van der Waals surface area contributed by atoms with Gasteiger partial charge in [0.1, 0.15) is 0 Å². The Balaban J connectivity index is 3.77. The van der Waals surface area contributed by atoms with Gasteiger partial charge in [0.25, 0.3) is 0 Å². The molecule has 2 unspecified atom stereocenters. The molecule has 0 heterocycles. The van der Waals surface area contributed by atoms with Crippen LogP contribution in [-0.4, -0.2) is 66.8 Å². The summed E-state index contributed by atoms with van der Waals surface area (Å²) in [5, 5.41) is 12.0. The molecule has 0 aromatic rings. The van der Waals surface area contributed by atoms with Crippen LogP contribution in [-0.2, 0) is 0 Å². The lowest BCUT2D eigenvalue weighted by atomic mass is 10.2. The first-order valence-corrected chi connectivity index (χ1v) is 6.25. The summed E-state index contributed by atoms with van der Waals surface area (Å²) in [7, 11) is 3.74. The Hall–Kier alpha value is -0.810. The second-order valence-corrected chi connectivity index (χ2v) is 4.70. The van der Waals surface area contributed by atoms with Gasteiger partial charge in [-0.05, 0) is 27.3 Å². The number of aliphatic hydroxyl groups is 1. The topological polar surface area (TPSA) is 55.8 Å². The van der Waals surface area contributed by atoms with Gasteiger partial charge in [-0.2, -0.15) is 0 Å². The van der Waals surface area contributed by atoms with Crippen LogP contribution in [0.4, 0.5) is 4.79 Å². The molecule has 0 rings (SSSR count). The maximum absolute atomic E-state index is 11.6. The third-order valence-corrected chi connectivity index (χ3v) is 2.97. The molecule has 0 aliphatic heterocycles. The molecule has 2 atom stereocenters. The van der Waals surface area contributed by atoms with Gasteiger partial charge in [-0.15, -0.1) is 0 Å². The highest BCUT2D eigenvalue weighted by Gasteiger charge is 2.11. The SMILES string of the molecule is CCC(C)N(C)CCNC(=O)N(C)CC(C)O. The zero-order valence-electron chi connectivity index (χ0n) is 11.7. The van der Waals surface area contributed by atoms with Crippen LogP contribution >= 0.6 is 0 Å². The van der Waals surface area contributed by atoms with E-state index in [-0.39, 0.29) is 6.03 Å². The maximum atomic E-state index is 11.6. The van der Waals surface area contributed by atoms with Crippen LogP contribution in [0.1, 0.15) is 27.2 Å². The van der Waals surface area contributed by atoms with Gasteiger partial charge >= 0.3 is 6.03 Å². The van der Waals surface area contributed by atoms with Crippen molar-refractivity contribution >= 4 is 6.03 Å². The van der Waals surface area contributed by atoms with Crippen LogP contribution in [0.5, 0.6) is 0 Å². The van der Waals surface area contributed by atoms with Crippen LogP contribution in [0.15, 0.2) is 0 Å². The molecule has 5 nitrogen and oxygen atoms in total. The Labute approximate surface area is 105 Å². The molecule has 0 aliphatic rings. The number of hydrogen-bond acceptors (Lipinski definition) is 3. The molecule has 2 N–H and O–H groups in total. The lowest BCUT2D eigenvalue weighted by Gasteiger charge is -2.24. The molecule has 0 fully saturated rings. The normalized spacial score (nSPS) is 14.5. The zero-order chi connectivity index (χ0) is 13.4. The number of carbonyl (C=O) groups is 1. The van der Waals surface area contributed by atoms with Crippen LogP contribution in [0.2, 0.25) is 0 Å². The Morgan fingerprint density at radius 2 is 1.94 bits per heavy atom. The molecule has 0 spiro atoms. The van der Waals surface area contributed by atoms with E-state index in [1.165, 1.54) is 4.90 Å². The summed E-state index contributed by atoms with van der Waals surface area (Å²) in [6.45, 7) is 7.80. The van der Waals surface area contributed by atoms with Crippen molar-refractivity contribution in [2.24, 2.45) is 0 Å². The van der Waals surface area contributed by atoms with E-state index in [0.717, 1.165) is 13.0 Å². The van der Waals surface area contributed by atoms with E-state index in [9.17, 15) is 4.79 Å². The van der Waals surface area contributed by atoms with Gasteiger partial charge in [0.05, 0.1) is 6.10 Å². The Morgan fingerprint density at radius 1 is 1.35 bits per heavy atom. The molecule has 0 bridgehead atoms. The van der Waals surface area contributed by atoms with Crippen molar-refractivity contribution in [2.45, 2.75) is 39.3 Å². The van der Waals surface area contributed by atoms with Gasteiger partial charge in [-0.1, -0.05) is 6.92 Å². The van der Waals surface area contributed by atoms with Gasteiger partial charge in [-0.3, -0.25) is 0 Å². The smallest absolute Gasteiger partial charge is 0.317 e. The average molecular weight is 245 g/mol. The Morgan fingerprint density at radius 3 is 2.41 bits per heavy atom. The number of likely N-dealkylation sites (N-methyl/N-ethyl adjacent to an activating group) is 2. The minimum atomic E-state index is -0.492. The van der Waals surface area contributed by atoms with E-state index in [0.29, 0.717) is 19.1 Å². The summed E-state index contributed by atoms with van der Waals surface area (Å²) >= 11 is 0. The fourth-order valence-corrected chi connectivity index (χ4v) is 1.49. The van der Waals surface area contributed by atoms with Gasteiger partial charge < -0.3 is 20.2 Å². The largest absolute Gasteiger partial charge is 0.392 e. The van der Waals surface area contributed by atoms with Crippen LogP contribution < -0.4 is 5.32 Å². The highest BCUT2D eigenvalue weighted by atomic mass is 16.3. The first-order chi connectivity index (χ1) is 7.88. The predicted molar refractivity (Wildman–Crippen MR) is 70.1 cm³/mol. The van der Waals surface area contributed by atoms with Gasteiger partial charge in [0.15, 0.2) is 0 Å². The first-order valence-electron chi connectivity index (χ1n) is 6.25. The number of nitrogens with one attached hydrogen (secondary N) is 1. The van der Waals surface area contributed by atoms with Crippen molar-refractivity contribution in [1.82, 2.24) is 15.1 Å². The number of amides is 2. The monoisotopic (exact) mass is 245 g/mol. The molecule has 2 amide bonds. The van der Waals surface area contributed by atoms with E-state index in [2.05, 4.69) is 31.1 Å². The summed E-state index contributed by atoms with van der Waals surface area (Å²) in [6.07, 6.45) is 0.611. The molecule has 0 saturated carbocycles. The Kier molecular flexibility index (Phi) is 7.91. The fraction of sp³-hybridized carbons (Fsp3) is 0.917. The summed E-state index contributed by atoms with van der Waals surface area (Å²) in [6, 6.07) is 0.394. The fourth-order valence-electron chi connectivity index (χ4n) is 1.49. The number of hydrogen-bond donors (Lipinski definition) is 2. The van der Waals surface area contributed by atoms with Crippen molar-refractivity contribution < 1.29 is 9.90 Å². The number of aliphatic hydroxyl groups excluding tert-OH is 1. The van der Waals surface area contributed by atoms with Crippen molar-refractivity contribution in [3.8, 4) is 0 Å². The summed E-state index contributed by atoms with van der Waals surface area (Å²) in [5.41, 5.74) is 0. The van der Waals surface area contributed by atoms with Crippen LogP contribution in [0.3, 0.4) is 0 Å². The predicted octanol–water partition coefficient (Wildman–Crippen LogP) is 0.739. The minimum absolute atomic E-state index is 0.136. The molecule has 0 saturated heterocycles. The van der Waals surface area contributed by atoms with Gasteiger partial charge in [0, 0.05) is 32.7 Å². The molecule has 5 heteroatoms. The Bertz CT molecular complexity index is 222. The molecule has 0 aromatic carbocycles. The molecular weight excluding hydrogens is 218 g/mol. The number of carbonyl (C=O) groups excluding carboxylic acids is 1. The zero-order valence-corrected chi connectivity index (χ0v) is 11.7. The van der Waals surface area contributed by atoms with E-state index < -0.39 is 6.10 Å². The molecule has 0 aliphatic carbocycles. The molecule has 0 radical (unpaired) electrons. The standard InChI is InChI=1S/C12H27N3O2/c1-6-10(2)14(4)8-7-13-12(17)15(5)9-11(3)16/h10-11,16H,6-9H2,1-5H3,(H,13,17). The molecule has 102 valence electrons.